The molecule has 1 atom stereocenters. The molecule has 0 radical (unpaired) electrons. The van der Waals surface area contributed by atoms with E-state index in [0.29, 0.717) is 0 Å². The van der Waals surface area contributed by atoms with E-state index in [9.17, 15) is 4.79 Å². The second-order valence-electron chi connectivity index (χ2n) is 5.70. The van der Waals surface area contributed by atoms with Crippen molar-refractivity contribution in [3.05, 3.63) is 70.1 Å². The summed E-state index contributed by atoms with van der Waals surface area (Å²) < 4.78 is 1.15. The monoisotopic (exact) mass is 309 g/mol. The van der Waals surface area contributed by atoms with Crippen molar-refractivity contribution in [1.82, 2.24) is 5.32 Å². The van der Waals surface area contributed by atoms with Crippen LogP contribution in [0.25, 0.3) is 10.1 Å². The summed E-state index contributed by atoms with van der Waals surface area (Å²) in [6, 6.07) is 14.4. The van der Waals surface area contributed by atoms with Gasteiger partial charge in [-0.05, 0) is 38.0 Å². The van der Waals surface area contributed by atoms with E-state index in [1.807, 2.05) is 36.6 Å². The van der Waals surface area contributed by atoms with Crippen molar-refractivity contribution in [3.8, 4) is 0 Å². The van der Waals surface area contributed by atoms with E-state index in [-0.39, 0.29) is 11.9 Å². The number of hydrogen-bond acceptors (Lipinski definition) is 2. The van der Waals surface area contributed by atoms with Crippen molar-refractivity contribution in [2.24, 2.45) is 0 Å². The molecule has 3 heteroatoms. The molecule has 112 valence electrons. The van der Waals surface area contributed by atoms with Gasteiger partial charge in [0.2, 0.25) is 0 Å². The van der Waals surface area contributed by atoms with Gasteiger partial charge in [0, 0.05) is 15.5 Å². The number of nitrogens with one attached hydrogen (secondary N) is 1. The molecule has 1 amide bonds. The fourth-order valence-electron chi connectivity index (χ4n) is 2.73. The lowest BCUT2D eigenvalue weighted by molar-refractivity contribution is 0.0942. The number of amides is 1. The van der Waals surface area contributed by atoms with Crippen molar-refractivity contribution in [3.63, 3.8) is 0 Å². The summed E-state index contributed by atoms with van der Waals surface area (Å²) in [5.74, 6) is -0.00847. The zero-order chi connectivity index (χ0) is 15.7. The van der Waals surface area contributed by atoms with Crippen LogP contribution in [0, 0.1) is 13.8 Å². The molecule has 0 saturated heterocycles. The highest BCUT2D eigenvalue weighted by Gasteiger charge is 2.16. The van der Waals surface area contributed by atoms with Gasteiger partial charge in [0.25, 0.3) is 5.91 Å². The minimum atomic E-state index is -0.00847. The molecule has 0 saturated carbocycles. The number of thiophene rings is 1. The molecule has 0 aliphatic heterocycles. The predicted molar refractivity (Wildman–Crippen MR) is 93.6 cm³/mol. The van der Waals surface area contributed by atoms with Crippen LogP contribution in [0.15, 0.2) is 47.8 Å². The number of fused-ring (bicyclic) bond motifs is 1. The average molecular weight is 309 g/mol. The minimum Gasteiger partial charge on any atom is -0.345 e. The molecule has 22 heavy (non-hydrogen) atoms. The van der Waals surface area contributed by atoms with E-state index in [1.54, 1.807) is 11.3 Å². The van der Waals surface area contributed by atoms with Gasteiger partial charge in [0.15, 0.2) is 0 Å². The molecule has 3 rings (SSSR count). The van der Waals surface area contributed by atoms with Crippen molar-refractivity contribution in [2.45, 2.75) is 26.8 Å². The first kappa shape index (κ1) is 14.8. The molecule has 2 nitrogen and oxygen atoms in total. The Morgan fingerprint density at radius 1 is 1.14 bits per heavy atom. The first-order valence-electron chi connectivity index (χ1n) is 7.40. The Bertz CT molecular complexity index is 834. The van der Waals surface area contributed by atoms with E-state index in [2.05, 4.69) is 37.4 Å². The average Bonchev–Trinajstić information content (AvgIpc) is 2.93. The molecule has 0 bridgehead atoms. The molecule has 2 aromatic carbocycles. The predicted octanol–water partition coefficient (Wildman–Crippen LogP) is 5.01. The van der Waals surface area contributed by atoms with Crippen molar-refractivity contribution >= 4 is 27.3 Å². The van der Waals surface area contributed by atoms with Gasteiger partial charge in [0.05, 0.1) is 11.6 Å². The van der Waals surface area contributed by atoms with Gasteiger partial charge in [-0.25, -0.2) is 0 Å². The summed E-state index contributed by atoms with van der Waals surface area (Å²) in [7, 11) is 0. The normalized spacial score (nSPS) is 12.3. The van der Waals surface area contributed by atoms with Gasteiger partial charge in [0.1, 0.15) is 0 Å². The van der Waals surface area contributed by atoms with E-state index >= 15 is 0 Å². The summed E-state index contributed by atoms with van der Waals surface area (Å²) in [6.45, 7) is 6.19. The Balaban J connectivity index is 1.86. The quantitative estimate of drug-likeness (QED) is 0.724. The molecular weight excluding hydrogens is 290 g/mol. The standard InChI is InChI=1S/C19H19NOS/c1-12-8-9-13(2)16(10-12)14(3)20-19(21)17-11-22-18-7-5-4-6-15(17)18/h4-11,14H,1-3H3,(H,20,21). The summed E-state index contributed by atoms with van der Waals surface area (Å²) >= 11 is 1.61. The van der Waals surface area contributed by atoms with Crippen LogP contribution in [0.1, 0.15) is 40.0 Å². The first-order chi connectivity index (χ1) is 10.6. The molecule has 1 aromatic heterocycles. The number of aryl methyl sites for hydroxylation is 2. The lowest BCUT2D eigenvalue weighted by Crippen LogP contribution is -2.27. The third-order valence-corrected chi connectivity index (χ3v) is 4.94. The lowest BCUT2D eigenvalue weighted by Gasteiger charge is -2.17. The van der Waals surface area contributed by atoms with Crippen molar-refractivity contribution in [2.75, 3.05) is 0 Å². The van der Waals surface area contributed by atoms with E-state index in [0.717, 1.165) is 15.6 Å². The maximum Gasteiger partial charge on any atom is 0.253 e. The molecule has 1 heterocycles. The van der Waals surface area contributed by atoms with Gasteiger partial charge in [-0.1, -0.05) is 42.0 Å². The number of benzene rings is 2. The maximum atomic E-state index is 12.6. The molecular formula is C19H19NOS. The van der Waals surface area contributed by atoms with Crippen LogP contribution in [0.4, 0.5) is 0 Å². The molecule has 0 spiro atoms. The zero-order valence-corrected chi connectivity index (χ0v) is 13.8. The SMILES string of the molecule is Cc1ccc(C)c(C(C)NC(=O)c2csc3ccccc23)c1. The summed E-state index contributed by atoms with van der Waals surface area (Å²) in [5.41, 5.74) is 4.35. The van der Waals surface area contributed by atoms with Crippen molar-refractivity contribution < 1.29 is 4.79 Å². The van der Waals surface area contributed by atoms with Crippen LogP contribution < -0.4 is 5.32 Å². The fraction of sp³-hybridized carbons (Fsp3) is 0.211. The first-order valence-corrected chi connectivity index (χ1v) is 8.28. The fourth-order valence-corrected chi connectivity index (χ4v) is 3.67. The van der Waals surface area contributed by atoms with E-state index in [4.69, 9.17) is 0 Å². The van der Waals surface area contributed by atoms with Gasteiger partial charge >= 0.3 is 0 Å². The number of carbonyl (C=O) groups excluding carboxylic acids is 1. The minimum absolute atomic E-state index is 0.00828. The Labute approximate surface area is 134 Å². The zero-order valence-electron chi connectivity index (χ0n) is 13.0. The smallest absolute Gasteiger partial charge is 0.253 e. The number of rotatable bonds is 3. The highest BCUT2D eigenvalue weighted by Crippen LogP contribution is 2.26. The highest BCUT2D eigenvalue weighted by atomic mass is 32.1. The third kappa shape index (κ3) is 2.77. The second-order valence-corrected chi connectivity index (χ2v) is 6.61. The van der Waals surface area contributed by atoms with Crippen LogP contribution in [0.2, 0.25) is 0 Å². The van der Waals surface area contributed by atoms with E-state index < -0.39 is 0 Å². The highest BCUT2D eigenvalue weighted by molar-refractivity contribution is 7.17. The molecule has 1 N–H and O–H groups in total. The van der Waals surface area contributed by atoms with Gasteiger partial charge in [-0.2, -0.15) is 0 Å². The summed E-state index contributed by atoms with van der Waals surface area (Å²) in [5, 5.41) is 6.09. The van der Waals surface area contributed by atoms with Crippen LogP contribution in [0.3, 0.4) is 0 Å². The molecule has 0 fully saturated rings. The summed E-state index contributed by atoms with van der Waals surface area (Å²) in [4.78, 5) is 12.6. The number of hydrogen-bond donors (Lipinski definition) is 1. The van der Waals surface area contributed by atoms with Gasteiger partial charge in [-0.15, -0.1) is 11.3 Å². The van der Waals surface area contributed by atoms with Gasteiger partial charge in [-0.3, -0.25) is 4.79 Å². The molecule has 1 unspecified atom stereocenters. The van der Waals surface area contributed by atoms with Gasteiger partial charge < -0.3 is 5.32 Å². The molecule has 0 aliphatic carbocycles. The summed E-state index contributed by atoms with van der Waals surface area (Å²) in [6.07, 6.45) is 0. The maximum absolute atomic E-state index is 12.6. The Hall–Kier alpha value is -2.13. The van der Waals surface area contributed by atoms with Crippen LogP contribution in [-0.4, -0.2) is 5.91 Å². The Morgan fingerprint density at radius 3 is 2.73 bits per heavy atom. The van der Waals surface area contributed by atoms with Crippen LogP contribution in [-0.2, 0) is 0 Å². The van der Waals surface area contributed by atoms with E-state index in [1.165, 1.54) is 16.7 Å². The lowest BCUT2D eigenvalue weighted by atomic mass is 9.99. The van der Waals surface area contributed by atoms with Crippen LogP contribution >= 0.6 is 11.3 Å². The largest absolute Gasteiger partial charge is 0.345 e. The topological polar surface area (TPSA) is 29.1 Å². The third-order valence-electron chi connectivity index (χ3n) is 3.97. The molecule has 0 aliphatic rings. The Morgan fingerprint density at radius 2 is 1.91 bits per heavy atom. The van der Waals surface area contributed by atoms with Crippen LogP contribution in [0.5, 0.6) is 0 Å². The molecule has 3 aromatic rings. The van der Waals surface area contributed by atoms with Crippen molar-refractivity contribution in [1.29, 1.82) is 0 Å². The Kier molecular flexibility index (Phi) is 3.99. The second kappa shape index (κ2) is 5.93. The number of carbonyl (C=O) groups is 1.